The lowest BCUT2D eigenvalue weighted by Gasteiger charge is -2.23. The average molecular weight is 469 g/mol. The maximum atomic E-state index is 5.72. The molecule has 1 atom stereocenters. The second-order valence-electron chi connectivity index (χ2n) is 6.63. The minimum Gasteiger partial charge on any atom is -0.444 e. The van der Waals surface area contributed by atoms with E-state index in [2.05, 4.69) is 73.7 Å². The number of rotatable bonds is 10. The van der Waals surface area contributed by atoms with Crippen molar-refractivity contribution < 1.29 is 8.83 Å². The summed E-state index contributed by atoms with van der Waals surface area (Å²) in [5, 5.41) is 18.0. The Morgan fingerprint density at radius 1 is 1.14 bits per heavy atom. The molecule has 0 aliphatic heterocycles. The number of hydrogen-bond donors (Lipinski definition) is 0. The molecule has 3 aromatic heterocycles. The molecule has 152 valence electrons. The van der Waals surface area contributed by atoms with Crippen molar-refractivity contribution in [3.63, 3.8) is 0 Å². The molecule has 3 heterocycles. The first-order chi connectivity index (χ1) is 13.5. The van der Waals surface area contributed by atoms with Crippen molar-refractivity contribution in [2.75, 3.05) is 14.1 Å². The minimum atomic E-state index is 0.242. The summed E-state index contributed by atoms with van der Waals surface area (Å²) in [5.74, 6) is 2.97. The van der Waals surface area contributed by atoms with Gasteiger partial charge >= 0.3 is 0 Å². The number of thioether (sulfide) groups is 1. The molecule has 0 bridgehead atoms. The second-order valence-corrected chi connectivity index (χ2v) is 8.35. The van der Waals surface area contributed by atoms with Gasteiger partial charge < -0.3 is 13.4 Å². The highest BCUT2D eigenvalue weighted by Crippen LogP contribution is 2.29. The summed E-state index contributed by atoms with van der Waals surface area (Å²) in [4.78, 5) is 2.19. The quantitative estimate of drug-likeness (QED) is 0.392. The third-order valence-electron chi connectivity index (χ3n) is 4.36. The molecule has 0 spiro atoms. The van der Waals surface area contributed by atoms with E-state index in [1.807, 2.05) is 0 Å². The van der Waals surface area contributed by atoms with Gasteiger partial charge in [-0.25, -0.2) is 0 Å². The third kappa shape index (κ3) is 4.84. The summed E-state index contributed by atoms with van der Waals surface area (Å²) < 4.78 is 14.0. The van der Waals surface area contributed by atoms with Crippen LogP contribution in [-0.2, 0) is 12.3 Å². The van der Waals surface area contributed by atoms with Gasteiger partial charge in [-0.05, 0) is 55.0 Å². The number of halogens is 1. The largest absolute Gasteiger partial charge is 0.444 e. The van der Waals surface area contributed by atoms with Crippen molar-refractivity contribution in [3.05, 3.63) is 28.5 Å². The van der Waals surface area contributed by atoms with Crippen molar-refractivity contribution >= 4 is 27.7 Å². The van der Waals surface area contributed by atoms with Gasteiger partial charge in [-0.15, -0.1) is 20.4 Å². The van der Waals surface area contributed by atoms with Gasteiger partial charge in [-0.3, -0.25) is 4.90 Å². The van der Waals surface area contributed by atoms with Gasteiger partial charge in [0.1, 0.15) is 0 Å². The van der Waals surface area contributed by atoms with E-state index in [1.165, 1.54) is 0 Å². The fourth-order valence-corrected chi connectivity index (χ4v) is 4.04. The van der Waals surface area contributed by atoms with E-state index in [0.29, 0.717) is 28.0 Å². The molecular weight excluding hydrogens is 444 g/mol. The predicted octanol–water partition coefficient (Wildman–Crippen LogP) is 4.79. The molecular formula is C18H25BrN6O2S. The number of unbranched alkanes of at least 4 members (excludes halogenated alkanes) is 1. The van der Waals surface area contributed by atoms with Crippen LogP contribution in [-0.4, -0.2) is 44.0 Å². The van der Waals surface area contributed by atoms with Crippen LogP contribution in [0.1, 0.15) is 50.9 Å². The van der Waals surface area contributed by atoms with Crippen LogP contribution in [0.3, 0.4) is 0 Å². The smallest absolute Gasteiger partial charge is 0.283 e. The lowest BCUT2D eigenvalue weighted by atomic mass is 10.2. The monoisotopic (exact) mass is 468 g/mol. The van der Waals surface area contributed by atoms with Gasteiger partial charge in [0, 0.05) is 6.54 Å². The Balaban J connectivity index is 1.75. The average Bonchev–Trinajstić information content (AvgIpc) is 3.39. The highest BCUT2D eigenvalue weighted by atomic mass is 79.9. The maximum Gasteiger partial charge on any atom is 0.283 e. The zero-order valence-corrected chi connectivity index (χ0v) is 19.0. The Kier molecular flexibility index (Phi) is 7.30. The Morgan fingerprint density at radius 2 is 1.96 bits per heavy atom. The molecule has 28 heavy (non-hydrogen) atoms. The van der Waals surface area contributed by atoms with Crippen LogP contribution in [0.2, 0.25) is 0 Å². The summed E-state index contributed by atoms with van der Waals surface area (Å²) in [6.07, 6.45) is 3.18. The first-order valence-corrected chi connectivity index (χ1v) is 11.1. The zero-order chi connectivity index (χ0) is 20.1. The molecule has 0 unspecified atom stereocenters. The van der Waals surface area contributed by atoms with Crippen LogP contribution in [0.15, 0.2) is 30.8 Å². The van der Waals surface area contributed by atoms with Crippen molar-refractivity contribution in [2.45, 2.75) is 56.6 Å². The van der Waals surface area contributed by atoms with Crippen molar-refractivity contribution in [1.82, 2.24) is 29.9 Å². The lowest BCUT2D eigenvalue weighted by Crippen LogP contribution is -2.23. The highest BCUT2D eigenvalue weighted by molar-refractivity contribution is 9.10. The summed E-state index contributed by atoms with van der Waals surface area (Å²) in [6, 6.07) is 3.82. The Morgan fingerprint density at radius 3 is 2.61 bits per heavy atom. The van der Waals surface area contributed by atoms with E-state index in [0.717, 1.165) is 36.8 Å². The minimum absolute atomic E-state index is 0.242. The molecule has 0 fully saturated rings. The van der Waals surface area contributed by atoms with Crippen LogP contribution in [0, 0.1) is 0 Å². The zero-order valence-electron chi connectivity index (χ0n) is 16.6. The Labute approximate surface area is 177 Å². The molecule has 0 N–H and O–H groups in total. The number of hydrogen-bond acceptors (Lipinski definition) is 8. The molecule has 8 nitrogen and oxygen atoms in total. The summed E-state index contributed by atoms with van der Waals surface area (Å²) in [5.41, 5.74) is 0. The standard InChI is InChI=1S/C18H25BrN6O2S/c1-5-7-10-25-16(12(6-2)24(3)4)21-23-18(25)28-11-15-20-22-17(27-15)13-8-9-14(19)26-13/h8-9,12H,5-7,10-11H2,1-4H3/t12-/m1/s1. The Bertz CT molecular complexity index is 890. The number of aromatic nitrogens is 5. The molecule has 3 rings (SSSR count). The SMILES string of the molecule is CCCCn1c(SCc2nnc(-c3ccc(Br)o3)o2)nnc1[C@@H](CC)N(C)C. The fraction of sp³-hybridized carbons (Fsp3) is 0.556. The van der Waals surface area contributed by atoms with Gasteiger partial charge in [0.25, 0.3) is 5.89 Å². The first kappa shape index (κ1) is 21.1. The molecule has 10 heteroatoms. The van der Waals surface area contributed by atoms with E-state index >= 15 is 0 Å². The summed E-state index contributed by atoms with van der Waals surface area (Å²) in [6.45, 7) is 5.26. The van der Waals surface area contributed by atoms with Crippen LogP contribution >= 0.6 is 27.7 Å². The van der Waals surface area contributed by atoms with Gasteiger partial charge in [-0.1, -0.05) is 32.0 Å². The first-order valence-electron chi connectivity index (χ1n) is 9.33. The Hall–Kier alpha value is -1.65. The van der Waals surface area contributed by atoms with Crippen molar-refractivity contribution in [1.29, 1.82) is 0 Å². The molecule has 0 aliphatic carbocycles. The van der Waals surface area contributed by atoms with Crippen LogP contribution in [0.4, 0.5) is 0 Å². The number of furan rings is 1. The van der Waals surface area contributed by atoms with Crippen LogP contribution in [0.5, 0.6) is 0 Å². The van der Waals surface area contributed by atoms with Gasteiger partial charge in [0.15, 0.2) is 21.4 Å². The molecule has 0 radical (unpaired) electrons. The van der Waals surface area contributed by atoms with E-state index in [9.17, 15) is 0 Å². The number of nitrogens with zero attached hydrogens (tertiary/aromatic N) is 6. The fourth-order valence-electron chi connectivity index (χ4n) is 2.93. The van der Waals surface area contributed by atoms with Crippen molar-refractivity contribution in [2.24, 2.45) is 0 Å². The molecule has 0 aliphatic rings. The molecule has 0 aromatic carbocycles. The summed E-state index contributed by atoms with van der Waals surface area (Å²) >= 11 is 4.83. The predicted molar refractivity (Wildman–Crippen MR) is 111 cm³/mol. The molecule has 3 aromatic rings. The van der Waals surface area contributed by atoms with Gasteiger partial charge in [0.2, 0.25) is 5.89 Å². The van der Waals surface area contributed by atoms with E-state index in [1.54, 1.807) is 23.9 Å². The normalized spacial score (nSPS) is 12.8. The third-order valence-corrected chi connectivity index (χ3v) is 5.74. The van der Waals surface area contributed by atoms with Gasteiger partial charge in [0.05, 0.1) is 11.8 Å². The molecule has 0 amide bonds. The molecule has 0 saturated heterocycles. The topological polar surface area (TPSA) is 86.0 Å². The van der Waals surface area contributed by atoms with Crippen LogP contribution in [0.25, 0.3) is 11.7 Å². The van der Waals surface area contributed by atoms with Crippen molar-refractivity contribution in [3.8, 4) is 11.7 Å². The van der Waals surface area contributed by atoms with Gasteiger partial charge in [-0.2, -0.15) is 0 Å². The van der Waals surface area contributed by atoms with E-state index < -0.39 is 0 Å². The lowest BCUT2D eigenvalue weighted by molar-refractivity contribution is 0.270. The van der Waals surface area contributed by atoms with Crippen LogP contribution < -0.4 is 0 Å². The highest BCUT2D eigenvalue weighted by Gasteiger charge is 2.22. The van der Waals surface area contributed by atoms with E-state index in [4.69, 9.17) is 8.83 Å². The molecule has 0 saturated carbocycles. The second kappa shape index (κ2) is 9.71. The van der Waals surface area contributed by atoms with E-state index in [-0.39, 0.29) is 6.04 Å². The maximum absolute atomic E-state index is 5.72. The summed E-state index contributed by atoms with van der Waals surface area (Å²) in [7, 11) is 4.15.